The van der Waals surface area contributed by atoms with Gasteiger partial charge >= 0.3 is 23.9 Å². The van der Waals surface area contributed by atoms with Gasteiger partial charge in [-0.25, -0.2) is 0 Å². The van der Waals surface area contributed by atoms with Crippen molar-refractivity contribution in [3.05, 3.63) is 34.9 Å². The molecule has 2 heterocycles. The van der Waals surface area contributed by atoms with E-state index < -0.39 is 41.6 Å². The van der Waals surface area contributed by atoms with Crippen LogP contribution in [0.1, 0.15) is 55.2 Å². The number of carbonyl (C=O) groups is 4. The number of aryl methyl sites for hydroxylation is 1. The summed E-state index contributed by atoms with van der Waals surface area (Å²) in [6.45, 7) is 5.92. The minimum Gasteiger partial charge on any atom is -0.393 e. The third kappa shape index (κ3) is 2.75. The molecule has 4 atom stereocenters. The fraction of sp³-hybridized carbons (Fsp3) is 0.474. The van der Waals surface area contributed by atoms with Crippen LogP contribution in [0.2, 0.25) is 0 Å². The molecule has 2 fully saturated rings. The molecule has 6 nitrogen and oxygen atoms in total. The Hall–Kier alpha value is -2.50. The molecular weight excluding hydrogens is 324 g/mol. The Morgan fingerprint density at radius 1 is 0.840 bits per heavy atom. The standard InChI is InChI=1S/C17H14O6.C2H6/c1-7-2-3-8-9(4-7)10(11-6-13(18)22-15(11)19)5-12-14(8)17(21)23-16(12)20;1-2/h2-4,10-12,14H,5-6H2,1H3;1-2H3. The zero-order valence-electron chi connectivity index (χ0n) is 14.4. The van der Waals surface area contributed by atoms with Gasteiger partial charge in [0.1, 0.15) is 0 Å². The molecule has 132 valence electrons. The summed E-state index contributed by atoms with van der Waals surface area (Å²) >= 11 is 0. The van der Waals surface area contributed by atoms with E-state index in [1.54, 1.807) is 0 Å². The number of fused-ring (bicyclic) bond motifs is 3. The number of benzene rings is 1. The van der Waals surface area contributed by atoms with E-state index in [1.165, 1.54) is 0 Å². The molecule has 25 heavy (non-hydrogen) atoms. The van der Waals surface area contributed by atoms with E-state index in [-0.39, 0.29) is 12.3 Å². The third-order valence-electron chi connectivity index (χ3n) is 5.03. The maximum Gasteiger partial charge on any atom is 0.321 e. The van der Waals surface area contributed by atoms with Gasteiger partial charge < -0.3 is 9.47 Å². The summed E-state index contributed by atoms with van der Waals surface area (Å²) in [6.07, 6.45) is 0.329. The van der Waals surface area contributed by atoms with Crippen molar-refractivity contribution in [2.75, 3.05) is 0 Å². The molecule has 0 amide bonds. The first kappa shape index (κ1) is 17.3. The third-order valence-corrected chi connectivity index (χ3v) is 5.03. The molecule has 2 aliphatic heterocycles. The molecule has 0 radical (unpaired) electrons. The molecule has 0 aromatic heterocycles. The van der Waals surface area contributed by atoms with E-state index in [4.69, 9.17) is 4.74 Å². The van der Waals surface area contributed by atoms with Crippen LogP contribution in [-0.4, -0.2) is 23.9 Å². The van der Waals surface area contributed by atoms with Crippen LogP contribution in [0.15, 0.2) is 18.2 Å². The second-order valence-electron chi connectivity index (χ2n) is 6.40. The van der Waals surface area contributed by atoms with Crippen molar-refractivity contribution < 1.29 is 28.7 Å². The van der Waals surface area contributed by atoms with Gasteiger partial charge in [-0.2, -0.15) is 0 Å². The highest BCUT2D eigenvalue weighted by Gasteiger charge is 2.53. The van der Waals surface area contributed by atoms with E-state index in [0.29, 0.717) is 6.42 Å². The molecule has 1 aromatic rings. The second-order valence-corrected chi connectivity index (χ2v) is 6.40. The maximum absolute atomic E-state index is 12.0. The lowest BCUT2D eigenvalue weighted by molar-refractivity contribution is -0.155. The molecule has 6 heteroatoms. The Bertz CT molecular complexity index is 765. The largest absolute Gasteiger partial charge is 0.393 e. The molecule has 1 aromatic carbocycles. The number of ether oxygens (including phenoxy) is 2. The summed E-state index contributed by atoms with van der Waals surface area (Å²) in [7, 11) is 0. The van der Waals surface area contributed by atoms with Crippen LogP contribution in [0.5, 0.6) is 0 Å². The normalized spacial score (nSPS) is 30.0. The van der Waals surface area contributed by atoms with Crippen molar-refractivity contribution >= 4 is 23.9 Å². The van der Waals surface area contributed by atoms with Crippen molar-refractivity contribution in [3.63, 3.8) is 0 Å². The van der Waals surface area contributed by atoms with Gasteiger partial charge in [0.2, 0.25) is 0 Å². The first-order valence-corrected chi connectivity index (χ1v) is 8.56. The minimum absolute atomic E-state index is 0.0112. The van der Waals surface area contributed by atoms with Gasteiger partial charge in [-0.05, 0) is 30.4 Å². The highest BCUT2D eigenvalue weighted by molar-refractivity contribution is 6.01. The van der Waals surface area contributed by atoms with Crippen molar-refractivity contribution in [2.45, 2.75) is 45.4 Å². The number of carbonyl (C=O) groups excluding carboxylic acids is 4. The lowest BCUT2D eigenvalue weighted by Crippen LogP contribution is -2.31. The van der Waals surface area contributed by atoms with Gasteiger partial charge in [0.25, 0.3) is 0 Å². The summed E-state index contributed by atoms with van der Waals surface area (Å²) in [5.74, 6) is -4.29. The highest BCUT2D eigenvalue weighted by atomic mass is 16.6. The van der Waals surface area contributed by atoms with Crippen molar-refractivity contribution in [2.24, 2.45) is 11.8 Å². The van der Waals surface area contributed by atoms with Crippen LogP contribution in [0.25, 0.3) is 0 Å². The summed E-state index contributed by atoms with van der Waals surface area (Å²) in [5, 5.41) is 0. The van der Waals surface area contributed by atoms with Crippen LogP contribution in [0, 0.1) is 18.8 Å². The lowest BCUT2D eigenvalue weighted by atomic mass is 9.67. The predicted octanol–water partition coefficient (Wildman–Crippen LogP) is 2.38. The molecular formula is C19H20O6. The summed E-state index contributed by atoms with van der Waals surface area (Å²) in [6, 6.07) is 5.60. The van der Waals surface area contributed by atoms with Gasteiger partial charge in [0.05, 0.1) is 24.2 Å². The fourth-order valence-electron chi connectivity index (χ4n) is 3.99. The van der Waals surface area contributed by atoms with Gasteiger partial charge in [-0.3, -0.25) is 19.2 Å². The Labute approximate surface area is 145 Å². The Morgan fingerprint density at radius 3 is 2.16 bits per heavy atom. The quantitative estimate of drug-likeness (QED) is 0.574. The van der Waals surface area contributed by atoms with Crippen LogP contribution < -0.4 is 0 Å². The van der Waals surface area contributed by atoms with E-state index in [0.717, 1.165) is 16.7 Å². The van der Waals surface area contributed by atoms with Crippen molar-refractivity contribution in [1.82, 2.24) is 0 Å². The lowest BCUT2D eigenvalue weighted by Gasteiger charge is -2.33. The van der Waals surface area contributed by atoms with Crippen molar-refractivity contribution in [1.29, 1.82) is 0 Å². The van der Waals surface area contributed by atoms with Crippen LogP contribution >= 0.6 is 0 Å². The Kier molecular flexibility index (Phi) is 4.45. The van der Waals surface area contributed by atoms with E-state index >= 15 is 0 Å². The van der Waals surface area contributed by atoms with E-state index in [9.17, 15) is 19.2 Å². The SMILES string of the molecule is CC.Cc1ccc2c(c1)C(C1CC(=O)OC1=O)CC1C(=O)OC(=O)C21. The van der Waals surface area contributed by atoms with Crippen LogP contribution in [0.3, 0.4) is 0 Å². The number of rotatable bonds is 1. The highest BCUT2D eigenvalue weighted by Crippen LogP contribution is 2.51. The molecule has 0 bridgehead atoms. The van der Waals surface area contributed by atoms with Gasteiger partial charge in [0.15, 0.2) is 0 Å². The zero-order valence-corrected chi connectivity index (χ0v) is 14.4. The number of hydrogen-bond donors (Lipinski definition) is 0. The smallest absolute Gasteiger partial charge is 0.321 e. The number of esters is 4. The molecule has 4 unspecified atom stereocenters. The summed E-state index contributed by atoms with van der Waals surface area (Å²) in [4.78, 5) is 47.4. The monoisotopic (exact) mass is 344 g/mol. The Morgan fingerprint density at radius 2 is 1.52 bits per heavy atom. The zero-order chi connectivity index (χ0) is 18.3. The average Bonchev–Trinajstić information content (AvgIpc) is 3.07. The summed E-state index contributed by atoms with van der Waals surface area (Å²) in [5.41, 5.74) is 2.55. The predicted molar refractivity (Wildman–Crippen MR) is 86.4 cm³/mol. The van der Waals surface area contributed by atoms with Gasteiger partial charge in [-0.15, -0.1) is 0 Å². The molecule has 1 aliphatic carbocycles. The first-order chi connectivity index (χ1) is 12.0. The fourth-order valence-corrected chi connectivity index (χ4v) is 3.99. The van der Waals surface area contributed by atoms with Crippen LogP contribution in [0.4, 0.5) is 0 Å². The van der Waals surface area contributed by atoms with E-state index in [2.05, 4.69) is 4.74 Å². The number of hydrogen-bond acceptors (Lipinski definition) is 6. The van der Waals surface area contributed by atoms with Gasteiger partial charge in [-0.1, -0.05) is 37.6 Å². The molecule has 3 aliphatic rings. The number of cyclic esters (lactones) is 4. The molecule has 2 saturated heterocycles. The minimum atomic E-state index is -0.609. The second kappa shape index (κ2) is 6.43. The first-order valence-electron chi connectivity index (χ1n) is 8.56. The average molecular weight is 344 g/mol. The van der Waals surface area contributed by atoms with Crippen molar-refractivity contribution in [3.8, 4) is 0 Å². The maximum atomic E-state index is 12.0. The Balaban J connectivity index is 0.000000880. The molecule has 4 rings (SSSR count). The van der Waals surface area contributed by atoms with Gasteiger partial charge in [0, 0.05) is 0 Å². The molecule has 0 spiro atoms. The molecule has 0 N–H and O–H groups in total. The summed E-state index contributed by atoms with van der Waals surface area (Å²) < 4.78 is 9.46. The van der Waals surface area contributed by atoms with Crippen LogP contribution in [-0.2, 0) is 28.7 Å². The topological polar surface area (TPSA) is 86.7 Å². The molecule has 0 saturated carbocycles. The van der Waals surface area contributed by atoms with E-state index in [1.807, 2.05) is 39.0 Å².